The molecule has 2 saturated heterocycles. The Morgan fingerprint density at radius 1 is 0.848 bits per heavy atom. The molecular formula is C60H80ClF2N16O10S3+. The summed E-state index contributed by atoms with van der Waals surface area (Å²) in [6, 6.07) is 17.5. The largest absolute Gasteiger partial charge is 0.476 e. The second-order valence-corrected chi connectivity index (χ2v) is 30.5. The van der Waals surface area contributed by atoms with Gasteiger partial charge in [-0.2, -0.15) is 26.2 Å². The normalized spacial score (nSPS) is 18.0. The van der Waals surface area contributed by atoms with E-state index in [1.807, 2.05) is 20.8 Å². The van der Waals surface area contributed by atoms with Gasteiger partial charge in [-0.05, 0) is 138 Å². The molecule has 4 aliphatic rings. The van der Waals surface area contributed by atoms with Gasteiger partial charge in [0.25, 0.3) is 36.9 Å². The number of nitrogens with two attached hydrogens (primary N) is 2. The Hall–Kier alpha value is -7.90. The molecular weight excluding hydrogens is 1270 g/mol. The number of anilines is 2. The van der Waals surface area contributed by atoms with Crippen LogP contribution in [0.15, 0.2) is 118 Å². The van der Waals surface area contributed by atoms with Gasteiger partial charge in [-0.3, -0.25) is 9.59 Å². The maximum absolute atomic E-state index is 13.5. The van der Waals surface area contributed by atoms with Crippen molar-refractivity contribution in [3.05, 3.63) is 132 Å². The van der Waals surface area contributed by atoms with Gasteiger partial charge in [0.05, 0.1) is 24.3 Å². The molecule has 26 nitrogen and oxygen atoms in total. The second kappa shape index (κ2) is 29.8. The molecule has 2 fully saturated rings. The van der Waals surface area contributed by atoms with Gasteiger partial charge in [0.2, 0.25) is 17.7 Å². The van der Waals surface area contributed by atoms with Gasteiger partial charge in [0, 0.05) is 48.7 Å². The third-order valence-corrected chi connectivity index (χ3v) is 17.3. The molecule has 4 bridgehead atoms. The molecule has 498 valence electrons. The third kappa shape index (κ3) is 20.8. The van der Waals surface area contributed by atoms with E-state index in [-0.39, 0.29) is 50.9 Å². The number of amides is 2. The lowest BCUT2D eigenvalue weighted by Gasteiger charge is -2.34. The minimum atomic E-state index is -4.42. The van der Waals surface area contributed by atoms with Crippen molar-refractivity contribution in [3.8, 4) is 23.4 Å². The van der Waals surface area contributed by atoms with Crippen molar-refractivity contribution in [2.45, 2.75) is 123 Å². The van der Waals surface area contributed by atoms with E-state index >= 15 is 0 Å². The number of pyridine rings is 4. The first-order chi connectivity index (χ1) is 42.4. The number of nitrogens with zero attached hydrogens (tertiary/aromatic N) is 10. The maximum Gasteiger partial charge on any atom is 0.362 e. The van der Waals surface area contributed by atoms with E-state index in [1.165, 1.54) is 41.8 Å². The summed E-state index contributed by atoms with van der Waals surface area (Å²) in [7, 11) is -12.5. The fourth-order valence-corrected chi connectivity index (χ4v) is 12.1. The quantitative estimate of drug-likeness (QED) is 0.0432. The number of ether oxygens (including phenoxy) is 2. The van der Waals surface area contributed by atoms with Gasteiger partial charge in [0.1, 0.15) is 22.9 Å². The molecule has 2 atom stereocenters. The summed E-state index contributed by atoms with van der Waals surface area (Å²) < 4.78 is 116. The number of carbonyl (C=O) groups is 2. The monoisotopic (exact) mass is 1350 g/mol. The Morgan fingerprint density at radius 2 is 1.47 bits per heavy atom. The van der Waals surface area contributed by atoms with E-state index < -0.39 is 63.9 Å². The Balaban J connectivity index is 0.000000223. The lowest BCUT2D eigenvalue weighted by Crippen LogP contribution is -2.41. The highest BCUT2D eigenvalue weighted by Gasteiger charge is 2.41. The van der Waals surface area contributed by atoms with Crippen molar-refractivity contribution in [1.82, 2.24) is 54.3 Å². The molecule has 2 amide bonds. The fraction of sp³-hybridized carbons (Fsp3) is 0.450. The first-order valence-corrected chi connectivity index (χ1v) is 33.6. The standard InChI is InChI=1S/C27H35N7O4S.C19H17ClFN5O4S.C8H18N2.C5H5FN2O2S.CH4/c1-26(2,3)17-38-22-12-14-34(31-22)21-10-9-19-24(30-21)33-16-18(15-27(33,4)5)11-13-28-20-7-6-8-23(29-20)39(36,37)32-25(19)35;1-19(2,3)11-30-15-9-10-26(24-15)14-8-7-12(17(20)23-14)18(27)25-31(28,29)16-6-4-5-13(21)22-16;1-8(2)5-7(3-4-9)6-10-8;6-4-2-1-3-5(8-4)11(7,9)10;/h6-10,12,14,18H,11,13,15-17H2,1-5H3,(H,28,29)(H,32,35);4,6-10H,11H2,1-3H3;7,10H,3-6,9H2,1-2H3;1-3H,(H2,7,9,10);1H4/p+1. The average Bonchev–Trinajstić information content (AvgIpc) is 1.50. The van der Waals surface area contributed by atoms with Crippen molar-refractivity contribution in [2.24, 2.45) is 38.5 Å². The van der Waals surface area contributed by atoms with Crippen LogP contribution >= 0.6 is 11.6 Å². The van der Waals surface area contributed by atoms with E-state index in [0.717, 1.165) is 56.1 Å². The number of primary sulfonamides is 1. The number of rotatable bonds is 10. The number of hydrogen-bond acceptors (Lipinski definition) is 21. The van der Waals surface area contributed by atoms with Crippen LogP contribution in [-0.4, -0.2) is 132 Å². The summed E-state index contributed by atoms with van der Waals surface area (Å²) in [6.45, 7) is 25.3. The predicted octanol–water partition coefficient (Wildman–Crippen LogP) is 7.84. The van der Waals surface area contributed by atoms with Crippen LogP contribution in [0.4, 0.5) is 20.4 Å². The molecule has 6 aromatic rings. The van der Waals surface area contributed by atoms with Gasteiger partial charge < -0.3 is 30.7 Å². The van der Waals surface area contributed by atoms with E-state index in [0.29, 0.717) is 67.0 Å². The fourth-order valence-electron chi connectivity index (χ4n) is 9.53. The number of carbonyl (C=O) groups excluding carboxylic acids is 2. The summed E-state index contributed by atoms with van der Waals surface area (Å²) in [6.07, 6.45) is 11.7. The van der Waals surface area contributed by atoms with Crippen LogP contribution in [-0.2, 0) is 30.1 Å². The molecule has 4 aliphatic heterocycles. The van der Waals surface area contributed by atoms with Crippen molar-refractivity contribution in [3.63, 3.8) is 0 Å². The summed E-state index contributed by atoms with van der Waals surface area (Å²) in [5, 5.41) is 18.5. The summed E-state index contributed by atoms with van der Waals surface area (Å²) >= 11 is 6.08. The molecule has 8 N–H and O–H groups in total. The zero-order chi connectivity index (χ0) is 66.9. The summed E-state index contributed by atoms with van der Waals surface area (Å²) in [4.78, 5) is 47.4. The average molecular weight is 1360 g/mol. The number of nitrogens with one attached hydrogen (secondary N) is 4. The summed E-state index contributed by atoms with van der Waals surface area (Å²) in [5.74, 6) is -0.139. The highest BCUT2D eigenvalue weighted by atomic mass is 35.5. The molecule has 2 unspecified atom stereocenters. The zero-order valence-electron chi connectivity index (χ0n) is 52.0. The number of fused-ring (bicyclic) bond motifs is 6. The Morgan fingerprint density at radius 3 is 2.02 bits per heavy atom. The number of hydrogen-bond donors (Lipinski definition) is 6. The molecule has 6 aromatic heterocycles. The van der Waals surface area contributed by atoms with Crippen molar-refractivity contribution < 1.29 is 53.1 Å². The van der Waals surface area contributed by atoms with Crippen LogP contribution in [0.3, 0.4) is 0 Å². The Bertz CT molecular complexity index is 4060. The van der Waals surface area contributed by atoms with Crippen LogP contribution < -0.4 is 45.3 Å². The minimum Gasteiger partial charge on any atom is -0.476 e. The third-order valence-electron chi connectivity index (χ3n) is 13.8. The van der Waals surface area contributed by atoms with Crippen LogP contribution in [0.2, 0.25) is 5.15 Å². The molecule has 10 heterocycles. The number of aromatic nitrogens is 8. The van der Waals surface area contributed by atoms with Gasteiger partial charge in [-0.15, -0.1) is 14.6 Å². The van der Waals surface area contributed by atoms with Crippen LogP contribution in [0, 0.1) is 34.7 Å². The molecule has 0 radical (unpaired) electrons. The Kier molecular flexibility index (Phi) is 23.7. The van der Waals surface area contributed by atoms with Crippen LogP contribution in [0.25, 0.3) is 11.6 Å². The smallest absolute Gasteiger partial charge is 0.362 e. The lowest BCUT2D eigenvalue weighted by atomic mass is 9.94. The molecule has 0 aromatic carbocycles. The predicted molar refractivity (Wildman–Crippen MR) is 346 cm³/mol. The lowest BCUT2D eigenvalue weighted by molar-refractivity contribution is 0.0972. The van der Waals surface area contributed by atoms with E-state index in [4.69, 9.17) is 31.8 Å². The molecule has 32 heteroatoms. The molecule has 0 saturated carbocycles. The molecule has 10 rings (SSSR count). The second-order valence-electron chi connectivity index (χ2n) is 25.4. The van der Waals surface area contributed by atoms with Gasteiger partial charge in [-0.25, -0.2) is 52.3 Å². The van der Waals surface area contributed by atoms with E-state index in [1.54, 1.807) is 58.2 Å². The minimum absolute atomic E-state index is 0. The molecule has 92 heavy (non-hydrogen) atoms. The zero-order valence-corrected chi connectivity index (χ0v) is 55.2. The van der Waals surface area contributed by atoms with Gasteiger partial charge in [-0.1, -0.05) is 72.7 Å². The highest BCUT2D eigenvalue weighted by Crippen LogP contribution is 2.39. The summed E-state index contributed by atoms with van der Waals surface area (Å²) in [5.41, 5.74) is 5.42. The van der Waals surface area contributed by atoms with Crippen molar-refractivity contribution in [2.75, 3.05) is 49.6 Å². The number of halogens is 3. The first kappa shape index (κ1) is 73.2. The van der Waals surface area contributed by atoms with Crippen LogP contribution in [0.5, 0.6) is 11.8 Å². The van der Waals surface area contributed by atoms with Gasteiger partial charge in [0.15, 0.2) is 33.8 Å². The first-order valence-electron chi connectivity index (χ1n) is 28.7. The van der Waals surface area contributed by atoms with E-state index in [2.05, 4.69) is 110 Å². The SMILES string of the molecule is C.CC(C)(C)COc1ccn(-c2ccc(C(=O)NS(=O)(=O)C3=NC(F)=[C+]C=C3)c(Cl)n2)n1.CC(C)(C)COc1ccn(-c2ccc3c(n2)N2CC(CCNc4cccc(n4)S(=O)(=O)NC3=O)CC2(C)C)n1.CC1(C)CC(CCN)CN1.NS(=O)(=O)c1cccc(F)n1. The molecule has 0 aliphatic carbocycles. The Labute approximate surface area is 541 Å². The van der Waals surface area contributed by atoms with Gasteiger partial charge >= 0.3 is 16.0 Å². The number of aliphatic imine (C=N–C) groups is 1. The van der Waals surface area contributed by atoms with Crippen LogP contribution in [0.1, 0.15) is 123 Å². The van der Waals surface area contributed by atoms with Crippen molar-refractivity contribution in [1.29, 1.82) is 0 Å². The molecule has 0 spiro atoms. The maximum atomic E-state index is 13.5. The highest BCUT2D eigenvalue weighted by molar-refractivity contribution is 8.05. The number of allylic oxidation sites excluding steroid dienone is 2. The van der Waals surface area contributed by atoms with Crippen molar-refractivity contribution >= 4 is 70.2 Å². The van der Waals surface area contributed by atoms with E-state index in [9.17, 15) is 43.6 Å². The number of sulfonamides is 3. The topological polar surface area (TPSA) is 358 Å².